The van der Waals surface area contributed by atoms with Crippen LogP contribution in [0.1, 0.15) is 38.8 Å². The molecular weight excluding hydrogens is 531 g/mol. The summed E-state index contributed by atoms with van der Waals surface area (Å²) in [5.41, 5.74) is 2.15. The molecule has 0 aliphatic rings. The number of ether oxygens (including phenoxy) is 3. The fourth-order valence-electron chi connectivity index (χ4n) is 2.93. The van der Waals surface area contributed by atoms with Gasteiger partial charge in [0.25, 0.3) is 0 Å². The van der Waals surface area contributed by atoms with Crippen molar-refractivity contribution in [1.82, 2.24) is 0 Å². The van der Waals surface area contributed by atoms with Crippen molar-refractivity contribution in [2.75, 3.05) is 25.7 Å². The first-order valence-electron chi connectivity index (χ1n) is 10.4. The van der Waals surface area contributed by atoms with Crippen molar-refractivity contribution in [2.24, 2.45) is 0 Å². The first-order chi connectivity index (χ1) is 14.8. The molecule has 5 nitrogen and oxygen atoms in total. The summed E-state index contributed by atoms with van der Waals surface area (Å²) in [6.07, 6.45) is -0.626. The van der Waals surface area contributed by atoms with E-state index in [9.17, 15) is 5.11 Å². The zero-order chi connectivity index (χ0) is 22.9. The van der Waals surface area contributed by atoms with E-state index in [1.54, 1.807) is 0 Å². The van der Waals surface area contributed by atoms with E-state index < -0.39 is 6.10 Å². The normalized spacial score (nSPS) is 13.8. The molecule has 2 rings (SSSR count). The van der Waals surface area contributed by atoms with Gasteiger partial charge in [0.2, 0.25) is 0 Å². The highest BCUT2D eigenvalue weighted by molar-refractivity contribution is 14.1. The minimum Gasteiger partial charge on any atom is -0.491 e. The third-order valence-electron chi connectivity index (χ3n) is 4.95. The standard InChI is InChI=1S/C24H32ClIO5/c1-17(2)28-15-23(31-26)16-30-22-11-7-19(8-12-22)24(3,4)18-5-9-21(10-6-18)29-14-20(27)13-25/h5-12,17,20,23,27H,13-16H2,1-4H3/t20-,23+/m0/s1. The van der Waals surface area contributed by atoms with Crippen LogP contribution < -0.4 is 9.47 Å². The largest absolute Gasteiger partial charge is 0.491 e. The molecular formula is C24H32ClIO5. The van der Waals surface area contributed by atoms with Crippen LogP contribution in [0.3, 0.4) is 0 Å². The first kappa shape index (κ1) is 26.2. The Balaban J connectivity index is 1.97. The quantitative estimate of drug-likeness (QED) is 0.257. The molecule has 172 valence electrons. The minimum atomic E-state index is -0.667. The Kier molecular flexibility index (Phi) is 10.9. The molecule has 0 aliphatic carbocycles. The zero-order valence-electron chi connectivity index (χ0n) is 18.5. The van der Waals surface area contributed by atoms with E-state index in [4.69, 9.17) is 28.9 Å². The van der Waals surface area contributed by atoms with Gasteiger partial charge in [-0.05, 0) is 49.2 Å². The van der Waals surface area contributed by atoms with E-state index in [-0.39, 0.29) is 30.1 Å². The lowest BCUT2D eigenvalue weighted by Crippen LogP contribution is -2.26. The number of hydrogen-bond acceptors (Lipinski definition) is 5. The van der Waals surface area contributed by atoms with E-state index in [1.165, 1.54) is 5.56 Å². The van der Waals surface area contributed by atoms with Crippen LogP contribution in [0.25, 0.3) is 0 Å². The summed E-state index contributed by atoms with van der Waals surface area (Å²) in [6, 6.07) is 16.1. The van der Waals surface area contributed by atoms with Crippen LogP contribution in [0.15, 0.2) is 48.5 Å². The molecule has 0 aliphatic heterocycles. The van der Waals surface area contributed by atoms with Crippen molar-refractivity contribution < 1.29 is 22.4 Å². The molecule has 0 amide bonds. The second-order valence-corrected chi connectivity index (χ2v) is 9.01. The third kappa shape index (κ3) is 8.42. The highest BCUT2D eigenvalue weighted by atomic mass is 127. The van der Waals surface area contributed by atoms with Crippen LogP contribution in [0.5, 0.6) is 11.5 Å². The number of hydrogen-bond donors (Lipinski definition) is 1. The van der Waals surface area contributed by atoms with E-state index in [0.29, 0.717) is 19.0 Å². The number of rotatable bonds is 13. The lowest BCUT2D eigenvalue weighted by molar-refractivity contribution is 0.0146. The van der Waals surface area contributed by atoms with Gasteiger partial charge in [0.1, 0.15) is 59.9 Å². The van der Waals surface area contributed by atoms with Gasteiger partial charge in [-0.15, -0.1) is 11.6 Å². The van der Waals surface area contributed by atoms with E-state index in [2.05, 4.69) is 26.0 Å². The number of halogens is 2. The van der Waals surface area contributed by atoms with Crippen LogP contribution in [0.4, 0.5) is 0 Å². The highest BCUT2D eigenvalue weighted by Gasteiger charge is 2.23. The summed E-state index contributed by atoms with van der Waals surface area (Å²) in [5, 5.41) is 9.52. The van der Waals surface area contributed by atoms with Gasteiger partial charge in [-0.25, -0.2) is 0 Å². The molecule has 0 fully saturated rings. The lowest BCUT2D eigenvalue weighted by Gasteiger charge is -2.26. The SMILES string of the molecule is CC(C)OC[C@H](COc1ccc(C(C)(C)c2ccc(OC[C@@H](O)CCl)cc2)cc1)OI. The van der Waals surface area contributed by atoms with Crippen molar-refractivity contribution in [2.45, 2.75) is 51.4 Å². The molecule has 0 heterocycles. The average Bonchev–Trinajstić information content (AvgIpc) is 2.78. The fraction of sp³-hybridized carbons (Fsp3) is 0.500. The van der Waals surface area contributed by atoms with Crippen molar-refractivity contribution >= 4 is 34.6 Å². The molecule has 2 aromatic carbocycles. The Hall–Kier alpha value is -1.06. The molecule has 2 atom stereocenters. The highest BCUT2D eigenvalue weighted by Crippen LogP contribution is 2.33. The van der Waals surface area contributed by atoms with Gasteiger partial charge >= 0.3 is 0 Å². The number of aliphatic hydroxyl groups is 1. The molecule has 1 N–H and O–H groups in total. The third-order valence-corrected chi connectivity index (χ3v) is 6.03. The monoisotopic (exact) mass is 562 g/mol. The van der Waals surface area contributed by atoms with Gasteiger partial charge in [-0.1, -0.05) is 38.1 Å². The molecule has 2 aromatic rings. The van der Waals surface area contributed by atoms with Crippen molar-refractivity contribution in [3.05, 3.63) is 59.7 Å². The predicted molar refractivity (Wildman–Crippen MR) is 133 cm³/mol. The van der Waals surface area contributed by atoms with Gasteiger partial charge in [0, 0.05) is 5.41 Å². The molecule has 31 heavy (non-hydrogen) atoms. The summed E-state index contributed by atoms with van der Waals surface area (Å²) >= 11 is 7.49. The van der Waals surface area contributed by atoms with Gasteiger partial charge < -0.3 is 22.4 Å². The molecule has 0 unspecified atom stereocenters. The summed E-state index contributed by atoms with van der Waals surface area (Å²) in [5.74, 6) is 1.66. The molecule has 0 saturated carbocycles. The summed E-state index contributed by atoms with van der Waals surface area (Å²) in [6.45, 7) is 9.46. The topological polar surface area (TPSA) is 57.2 Å². The molecule has 7 heteroatoms. The summed E-state index contributed by atoms with van der Waals surface area (Å²) in [4.78, 5) is 0. The van der Waals surface area contributed by atoms with Crippen molar-refractivity contribution in [3.8, 4) is 11.5 Å². The number of benzene rings is 2. The molecule has 0 spiro atoms. The Labute approximate surface area is 204 Å². The Bertz CT molecular complexity index is 765. The summed E-state index contributed by atoms with van der Waals surface area (Å²) < 4.78 is 22.4. The fourth-order valence-corrected chi connectivity index (χ4v) is 3.31. The maximum Gasteiger partial charge on any atom is 0.127 e. The van der Waals surface area contributed by atoms with Gasteiger partial charge in [-0.3, -0.25) is 0 Å². The van der Waals surface area contributed by atoms with Gasteiger partial charge in [0.15, 0.2) is 0 Å². The zero-order valence-corrected chi connectivity index (χ0v) is 21.4. The van der Waals surface area contributed by atoms with E-state index in [1.807, 2.05) is 73.3 Å². The maximum atomic E-state index is 9.52. The molecule has 0 radical (unpaired) electrons. The second-order valence-electron chi connectivity index (χ2n) is 8.20. The van der Waals surface area contributed by atoms with Crippen LogP contribution in [0.2, 0.25) is 0 Å². The van der Waals surface area contributed by atoms with Gasteiger partial charge in [-0.2, -0.15) is 0 Å². The molecule has 0 saturated heterocycles. The first-order valence-corrected chi connectivity index (χ1v) is 11.8. The van der Waals surface area contributed by atoms with Crippen LogP contribution in [0, 0.1) is 0 Å². The van der Waals surface area contributed by atoms with E-state index in [0.717, 1.165) is 11.3 Å². The van der Waals surface area contributed by atoms with Crippen LogP contribution >= 0.6 is 34.6 Å². The minimum absolute atomic E-state index is 0.120. The smallest absolute Gasteiger partial charge is 0.127 e. The molecule has 0 bridgehead atoms. The van der Waals surface area contributed by atoms with Crippen molar-refractivity contribution in [3.63, 3.8) is 0 Å². The van der Waals surface area contributed by atoms with Crippen LogP contribution in [-0.4, -0.2) is 49.1 Å². The summed E-state index contributed by atoms with van der Waals surface area (Å²) in [7, 11) is 0. The second kappa shape index (κ2) is 12.8. The Morgan fingerprint density at radius 2 is 1.35 bits per heavy atom. The number of alkyl halides is 1. The van der Waals surface area contributed by atoms with Crippen molar-refractivity contribution in [1.29, 1.82) is 0 Å². The molecule has 0 aromatic heterocycles. The predicted octanol–water partition coefficient (Wildman–Crippen LogP) is 5.53. The van der Waals surface area contributed by atoms with Crippen LogP contribution in [-0.2, 0) is 13.2 Å². The Morgan fingerprint density at radius 3 is 1.77 bits per heavy atom. The Morgan fingerprint density at radius 1 is 0.871 bits per heavy atom. The van der Waals surface area contributed by atoms with E-state index >= 15 is 0 Å². The average molecular weight is 563 g/mol. The maximum absolute atomic E-state index is 9.52. The number of aliphatic hydroxyl groups excluding tert-OH is 1. The van der Waals surface area contributed by atoms with Gasteiger partial charge in [0.05, 0.1) is 18.6 Å². The lowest BCUT2D eigenvalue weighted by atomic mass is 9.78.